The highest BCUT2D eigenvalue weighted by Crippen LogP contribution is 2.47. The van der Waals surface area contributed by atoms with Crippen LogP contribution in [0.15, 0.2) is 11.6 Å². The van der Waals surface area contributed by atoms with Crippen LogP contribution in [0.25, 0.3) is 0 Å². The molecule has 2 fully saturated rings. The number of rotatable bonds is 7. The fourth-order valence-corrected chi connectivity index (χ4v) is 4.00. The molecular weight excluding hydrogens is 328 g/mol. The van der Waals surface area contributed by atoms with Crippen molar-refractivity contribution in [3.8, 4) is 12.3 Å². The van der Waals surface area contributed by atoms with Crippen LogP contribution >= 0.6 is 0 Å². The van der Waals surface area contributed by atoms with Gasteiger partial charge in [0.15, 0.2) is 14.6 Å². The van der Waals surface area contributed by atoms with E-state index in [2.05, 4.69) is 52.8 Å². The number of terminal acetylenes is 1. The topological polar surface area (TPSA) is 27.7 Å². The predicted octanol–water partition coefficient (Wildman–Crippen LogP) is 5.14. The molecule has 1 aliphatic carbocycles. The Bertz CT molecular complexity index is 506. The third-order valence-corrected chi connectivity index (χ3v) is 10.6. The van der Waals surface area contributed by atoms with Gasteiger partial charge in [0, 0.05) is 12.5 Å². The number of hydrogen-bond acceptors (Lipinski definition) is 3. The van der Waals surface area contributed by atoms with Crippen LogP contribution in [0.3, 0.4) is 0 Å². The summed E-state index contributed by atoms with van der Waals surface area (Å²) in [5.74, 6) is 3.81. The van der Waals surface area contributed by atoms with E-state index in [-0.39, 0.29) is 17.4 Å². The highest BCUT2D eigenvalue weighted by molar-refractivity contribution is 6.74. The SMILES string of the molecule is C#CC(OC1CCCCO1)[C@H]1C[C@H]1/C(C)=C/CO[Si](C)(C)C(C)(C)C. The van der Waals surface area contributed by atoms with Crippen LogP contribution in [0.1, 0.15) is 53.4 Å². The lowest BCUT2D eigenvalue weighted by atomic mass is 10.1. The first-order chi connectivity index (χ1) is 11.7. The maximum Gasteiger partial charge on any atom is 0.192 e. The first-order valence-electron chi connectivity index (χ1n) is 9.69. The van der Waals surface area contributed by atoms with Crippen molar-refractivity contribution >= 4 is 8.32 Å². The normalized spacial score (nSPS) is 29.2. The first kappa shape index (κ1) is 20.7. The minimum atomic E-state index is -1.68. The maximum absolute atomic E-state index is 6.26. The van der Waals surface area contributed by atoms with Gasteiger partial charge in [-0.05, 0) is 56.7 Å². The molecule has 4 heteroatoms. The second-order valence-corrected chi connectivity index (χ2v) is 13.9. The molecule has 1 aliphatic heterocycles. The van der Waals surface area contributed by atoms with E-state index in [0.717, 1.165) is 25.9 Å². The highest BCUT2D eigenvalue weighted by Gasteiger charge is 2.45. The minimum absolute atomic E-state index is 0.109. The van der Waals surface area contributed by atoms with Gasteiger partial charge >= 0.3 is 0 Å². The molecule has 0 amide bonds. The van der Waals surface area contributed by atoms with Crippen molar-refractivity contribution in [3.63, 3.8) is 0 Å². The average molecular weight is 365 g/mol. The molecule has 1 saturated heterocycles. The summed E-state index contributed by atoms with van der Waals surface area (Å²) in [6.45, 7) is 15.1. The number of hydrogen-bond donors (Lipinski definition) is 0. The summed E-state index contributed by atoms with van der Waals surface area (Å²) >= 11 is 0. The Hall–Kier alpha value is -0.603. The Labute approximate surface area is 155 Å². The molecule has 0 aromatic rings. The Balaban J connectivity index is 1.81. The van der Waals surface area contributed by atoms with Crippen molar-refractivity contribution in [2.75, 3.05) is 13.2 Å². The van der Waals surface area contributed by atoms with Crippen molar-refractivity contribution < 1.29 is 13.9 Å². The van der Waals surface area contributed by atoms with Gasteiger partial charge in [-0.25, -0.2) is 0 Å². The van der Waals surface area contributed by atoms with Gasteiger partial charge < -0.3 is 13.9 Å². The van der Waals surface area contributed by atoms with Crippen LogP contribution < -0.4 is 0 Å². The molecule has 0 aromatic heterocycles. The summed E-state index contributed by atoms with van der Waals surface area (Å²) in [7, 11) is -1.68. The maximum atomic E-state index is 6.26. The molecule has 0 radical (unpaired) electrons. The molecule has 3 nitrogen and oxygen atoms in total. The molecule has 2 rings (SSSR count). The summed E-state index contributed by atoms with van der Waals surface area (Å²) in [4.78, 5) is 0. The minimum Gasteiger partial charge on any atom is -0.413 e. The lowest BCUT2D eigenvalue weighted by Gasteiger charge is -2.35. The van der Waals surface area contributed by atoms with Crippen LogP contribution in [-0.2, 0) is 13.9 Å². The molecule has 2 unspecified atom stereocenters. The highest BCUT2D eigenvalue weighted by atomic mass is 28.4. The van der Waals surface area contributed by atoms with E-state index < -0.39 is 8.32 Å². The van der Waals surface area contributed by atoms with E-state index >= 15 is 0 Å². The zero-order chi connectivity index (χ0) is 18.7. The van der Waals surface area contributed by atoms with Crippen molar-refractivity contribution in [2.24, 2.45) is 11.8 Å². The van der Waals surface area contributed by atoms with Crippen molar-refractivity contribution in [3.05, 3.63) is 11.6 Å². The van der Waals surface area contributed by atoms with Gasteiger partial charge in [-0.2, -0.15) is 0 Å². The fourth-order valence-electron chi connectivity index (χ4n) is 3.07. The van der Waals surface area contributed by atoms with Crippen molar-refractivity contribution in [1.29, 1.82) is 0 Å². The van der Waals surface area contributed by atoms with Crippen LogP contribution in [0.4, 0.5) is 0 Å². The monoisotopic (exact) mass is 364 g/mol. The third kappa shape index (κ3) is 5.69. The van der Waals surface area contributed by atoms with Crippen molar-refractivity contribution in [2.45, 2.75) is 83.9 Å². The number of ether oxygens (including phenoxy) is 2. The van der Waals surface area contributed by atoms with Crippen LogP contribution in [-0.4, -0.2) is 33.9 Å². The second-order valence-electron chi connectivity index (χ2n) is 9.04. The van der Waals surface area contributed by atoms with E-state index in [1.165, 1.54) is 12.0 Å². The van der Waals surface area contributed by atoms with Gasteiger partial charge in [-0.3, -0.25) is 0 Å². The Morgan fingerprint density at radius 2 is 2.08 bits per heavy atom. The lowest BCUT2D eigenvalue weighted by molar-refractivity contribution is -0.180. The Kier molecular flexibility index (Phi) is 6.95. The van der Waals surface area contributed by atoms with Crippen molar-refractivity contribution in [1.82, 2.24) is 0 Å². The van der Waals surface area contributed by atoms with Gasteiger partial charge in [-0.15, -0.1) is 6.42 Å². The summed E-state index contributed by atoms with van der Waals surface area (Å²) in [5.41, 5.74) is 1.39. The molecule has 0 bridgehead atoms. The Morgan fingerprint density at radius 1 is 1.36 bits per heavy atom. The molecule has 25 heavy (non-hydrogen) atoms. The zero-order valence-corrected chi connectivity index (χ0v) is 17.9. The Morgan fingerprint density at radius 3 is 2.64 bits per heavy atom. The van der Waals surface area contributed by atoms with Gasteiger partial charge in [0.25, 0.3) is 0 Å². The molecule has 0 aromatic carbocycles. The summed E-state index contributed by atoms with van der Waals surface area (Å²) < 4.78 is 18.0. The second kappa shape index (κ2) is 8.39. The van der Waals surface area contributed by atoms with Crippen LogP contribution in [0.5, 0.6) is 0 Å². The first-order valence-corrected chi connectivity index (χ1v) is 12.6. The zero-order valence-electron chi connectivity index (χ0n) is 16.9. The predicted molar refractivity (Wildman–Crippen MR) is 106 cm³/mol. The van der Waals surface area contributed by atoms with E-state index in [1.807, 2.05) is 0 Å². The summed E-state index contributed by atoms with van der Waals surface area (Å²) in [5, 5.41) is 0.249. The number of allylic oxidation sites excluding steroid dienone is 1. The van der Waals surface area contributed by atoms with Crippen LogP contribution in [0.2, 0.25) is 18.1 Å². The molecule has 2 aliphatic rings. The lowest BCUT2D eigenvalue weighted by Crippen LogP contribution is -2.40. The van der Waals surface area contributed by atoms with Gasteiger partial charge in [0.05, 0.1) is 6.61 Å². The molecular formula is C21H36O3Si. The standard InChI is InChI=1S/C21H36O3Si/c1-8-19(24-20-11-9-10-13-22-20)18-15-17(18)16(2)12-14-23-25(6,7)21(3,4)5/h1,12,17-20H,9-11,13-15H2,2-7H3/b16-12+/t17-,18-,19?,20?/m0/s1. The molecule has 142 valence electrons. The molecule has 0 spiro atoms. The van der Waals surface area contributed by atoms with E-state index in [0.29, 0.717) is 18.4 Å². The summed E-state index contributed by atoms with van der Waals surface area (Å²) in [6.07, 6.45) is 12.1. The van der Waals surface area contributed by atoms with Crippen LogP contribution in [0, 0.1) is 24.2 Å². The van der Waals surface area contributed by atoms with E-state index in [9.17, 15) is 0 Å². The quantitative estimate of drug-likeness (QED) is 0.356. The van der Waals surface area contributed by atoms with Gasteiger partial charge in [-0.1, -0.05) is 38.3 Å². The smallest absolute Gasteiger partial charge is 0.192 e. The van der Waals surface area contributed by atoms with Gasteiger partial charge in [0.1, 0.15) is 6.10 Å². The largest absolute Gasteiger partial charge is 0.413 e. The van der Waals surface area contributed by atoms with E-state index in [1.54, 1.807) is 0 Å². The summed E-state index contributed by atoms with van der Waals surface area (Å²) in [6, 6.07) is 0. The molecule has 1 heterocycles. The molecule has 4 atom stereocenters. The molecule has 1 saturated carbocycles. The molecule has 0 N–H and O–H groups in total. The average Bonchev–Trinajstić information content (AvgIpc) is 3.33. The van der Waals surface area contributed by atoms with Gasteiger partial charge in [0.2, 0.25) is 0 Å². The van der Waals surface area contributed by atoms with E-state index in [4.69, 9.17) is 20.3 Å². The third-order valence-electron chi connectivity index (χ3n) is 6.07. The fraction of sp³-hybridized carbons (Fsp3) is 0.810.